The summed E-state index contributed by atoms with van der Waals surface area (Å²) >= 11 is 0. The molecule has 2 nitrogen and oxygen atoms in total. The molecule has 0 amide bonds. The minimum atomic E-state index is -0.138. The summed E-state index contributed by atoms with van der Waals surface area (Å²) in [4.78, 5) is 2.48. The van der Waals surface area contributed by atoms with Crippen LogP contribution in [0.4, 0.5) is 17.1 Å². The van der Waals surface area contributed by atoms with Gasteiger partial charge in [0.05, 0.1) is 11.4 Å². The number of hydrogen-bond donors (Lipinski definition) is 0. The Bertz CT molecular complexity index is 3140. The summed E-state index contributed by atoms with van der Waals surface area (Å²) in [6, 6.07) is 68.4. The molecule has 260 valence electrons. The standard InChI is InChI=1S/C53H37NO/c1-53(2)46-27-9-7-23-45(46)50-47(53)28-14-30-49(50)54(37-19-11-18-36(33-37)39-24-12-17-34-15-3-5-20-38(34)39)48-29-10-8-22-41(48)42-25-13-26-43-44-32-31-35-16-4-6-21-40(35)51(44)55-52(42)43/h3-33H,1-2H3. The lowest BCUT2D eigenvalue weighted by Crippen LogP contribution is -2.16. The molecule has 1 aliphatic carbocycles. The van der Waals surface area contributed by atoms with E-state index in [9.17, 15) is 0 Å². The van der Waals surface area contributed by atoms with E-state index in [1.54, 1.807) is 0 Å². The smallest absolute Gasteiger partial charge is 0.143 e. The second-order valence-corrected chi connectivity index (χ2v) is 15.2. The zero-order valence-electron chi connectivity index (χ0n) is 30.8. The predicted molar refractivity (Wildman–Crippen MR) is 232 cm³/mol. The lowest BCUT2D eigenvalue weighted by molar-refractivity contribution is 0.660. The molecule has 0 saturated heterocycles. The van der Waals surface area contributed by atoms with E-state index in [1.165, 1.54) is 49.5 Å². The van der Waals surface area contributed by atoms with E-state index in [4.69, 9.17) is 4.42 Å². The Morgan fingerprint density at radius 1 is 0.400 bits per heavy atom. The van der Waals surface area contributed by atoms with Crippen LogP contribution in [0.15, 0.2) is 192 Å². The highest BCUT2D eigenvalue weighted by Gasteiger charge is 2.38. The molecule has 0 unspecified atom stereocenters. The Morgan fingerprint density at radius 3 is 1.87 bits per heavy atom. The van der Waals surface area contributed by atoms with Crippen molar-refractivity contribution in [3.63, 3.8) is 0 Å². The molecule has 0 spiro atoms. The van der Waals surface area contributed by atoms with Crippen molar-refractivity contribution in [2.75, 3.05) is 4.90 Å². The van der Waals surface area contributed by atoms with Crippen LogP contribution in [0.1, 0.15) is 25.0 Å². The lowest BCUT2D eigenvalue weighted by Gasteiger charge is -2.31. The second kappa shape index (κ2) is 12.1. The van der Waals surface area contributed by atoms with E-state index in [2.05, 4.69) is 207 Å². The first-order valence-electron chi connectivity index (χ1n) is 19.1. The van der Waals surface area contributed by atoms with Gasteiger partial charge in [0.15, 0.2) is 0 Å². The van der Waals surface area contributed by atoms with Crippen molar-refractivity contribution in [1.29, 1.82) is 0 Å². The third-order valence-corrected chi connectivity index (χ3v) is 11.9. The molecule has 0 aliphatic heterocycles. The van der Waals surface area contributed by atoms with Gasteiger partial charge in [-0.3, -0.25) is 0 Å². The van der Waals surface area contributed by atoms with E-state index in [1.807, 2.05) is 0 Å². The highest BCUT2D eigenvalue weighted by atomic mass is 16.3. The molecule has 0 atom stereocenters. The average molecular weight is 704 g/mol. The fourth-order valence-electron chi connectivity index (χ4n) is 9.25. The summed E-state index contributed by atoms with van der Waals surface area (Å²) in [5.41, 5.74) is 14.9. The van der Waals surface area contributed by atoms with Crippen molar-refractivity contribution in [2.24, 2.45) is 0 Å². The molecule has 1 heterocycles. The predicted octanol–water partition coefficient (Wildman–Crippen LogP) is 15.0. The largest absolute Gasteiger partial charge is 0.455 e. The Balaban J connectivity index is 1.19. The van der Waals surface area contributed by atoms with Crippen LogP contribution < -0.4 is 4.90 Å². The van der Waals surface area contributed by atoms with Crippen molar-refractivity contribution in [3.8, 4) is 33.4 Å². The molecule has 0 saturated carbocycles. The monoisotopic (exact) mass is 703 g/mol. The van der Waals surface area contributed by atoms with Crippen molar-refractivity contribution < 1.29 is 4.42 Å². The van der Waals surface area contributed by atoms with Gasteiger partial charge in [-0.1, -0.05) is 172 Å². The zero-order chi connectivity index (χ0) is 36.7. The fraction of sp³-hybridized carbons (Fsp3) is 0.0566. The normalized spacial score (nSPS) is 13.1. The molecule has 0 bridgehead atoms. The second-order valence-electron chi connectivity index (χ2n) is 15.2. The lowest BCUT2D eigenvalue weighted by atomic mass is 9.82. The van der Waals surface area contributed by atoms with Gasteiger partial charge in [-0.2, -0.15) is 0 Å². The Hall–Kier alpha value is -6.90. The van der Waals surface area contributed by atoms with Crippen LogP contribution in [0.2, 0.25) is 0 Å². The van der Waals surface area contributed by atoms with E-state index < -0.39 is 0 Å². The molecule has 0 radical (unpaired) electrons. The van der Waals surface area contributed by atoms with E-state index in [0.717, 1.165) is 55.5 Å². The Morgan fingerprint density at radius 2 is 0.982 bits per heavy atom. The molecule has 1 aliphatic rings. The van der Waals surface area contributed by atoms with Gasteiger partial charge in [-0.05, 0) is 74.3 Å². The number of fused-ring (bicyclic) bond motifs is 9. The molecule has 1 aromatic heterocycles. The van der Waals surface area contributed by atoms with Crippen LogP contribution in [0, 0.1) is 0 Å². The van der Waals surface area contributed by atoms with Crippen LogP contribution in [-0.4, -0.2) is 0 Å². The summed E-state index contributed by atoms with van der Waals surface area (Å²) in [5.74, 6) is 0. The van der Waals surface area contributed by atoms with Crippen LogP contribution in [0.5, 0.6) is 0 Å². The van der Waals surface area contributed by atoms with Gasteiger partial charge in [0.25, 0.3) is 0 Å². The number of nitrogens with zero attached hydrogens (tertiary/aromatic N) is 1. The van der Waals surface area contributed by atoms with Crippen molar-refractivity contribution >= 4 is 60.5 Å². The highest BCUT2D eigenvalue weighted by molar-refractivity contribution is 6.18. The van der Waals surface area contributed by atoms with Crippen LogP contribution in [0.3, 0.4) is 0 Å². The van der Waals surface area contributed by atoms with Gasteiger partial charge >= 0.3 is 0 Å². The van der Waals surface area contributed by atoms with Crippen LogP contribution >= 0.6 is 0 Å². The third-order valence-electron chi connectivity index (χ3n) is 11.9. The number of hydrogen-bond acceptors (Lipinski definition) is 2. The van der Waals surface area contributed by atoms with Gasteiger partial charge < -0.3 is 9.32 Å². The summed E-state index contributed by atoms with van der Waals surface area (Å²) in [6.45, 7) is 4.71. The zero-order valence-corrected chi connectivity index (χ0v) is 30.8. The van der Waals surface area contributed by atoms with Gasteiger partial charge in [0.2, 0.25) is 0 Å². The number of rotatable bonds is 5. The molecule has 10 aromatic rings. The Labute approximate surface area is 320 Å². The molecule has 2 heteroatoms. The molecule has 0 fully saturated rings. The fourth-order valence-corrected chi connectivity index (χ4v) is 9.25. The van der Waals surface area contributed by atoms with Crippen LogP contribution in [-0.2, 0) is 5.41 Å². The van der Waals surface area contributed by atoms with Gasteiger partial charge in [0, 0.05) is 44.0 Å². The average Bonchev–Trinajstić information content (AvgIpc) is 3.74. The molecular weight excluding hydrogens is 667 g/mol. The van der Waals surface area contributed by atoms with Crippen molar-refractivity contribution in [3.05, 3.63) is 199 Å². The van der Waals surface area contributed by atoms with Gasteiger partial charge in [-0.15, -0.1) is 0 Å². The number of benzene rings is 9. The minimum Gasteiger partial charge on any atom is -0.455 e. The Kier molecular flexibility index (Phi) is 6.93. The molecule has 9 aromatic carbocycles. The number of para-hydroxylation sites is 2. The first kappa shape index (κ1) is 31.6. The summed E-state index contributed by atoms with van der Waals surface area (Å²) < 4.78 is 6.94. The molecule has 0 N–H and O–H groups in total. The molecular formula is C53H37NO. The summed E-state index contributed by atoms with van der Waals surface area (Å²) in [6.07, 6.45) is 0. The minimum absolute atomic E-state index is 0.138. The first-order chi connectivity index (χ1) is 27.1. The summed E-state index contributed by atoms with van der Waals surface area (Å²) in [5, 5.41) is 7.03. The number of furan rings is 1. The van der Waals surface area contributed by atoms with Crippen molar-refractivity contribution in [1.82, 2.24) is 0 Å². The van der Waals surface area contributed by atoms with Gasteiger partial charge in [0.1, 0.15) is 11.2 Å². The SMILES string of the molecule is CC1(C)c2ccccc2-c2c(N(c3cccc(-c4cccc5ccccc45)c3)c3ccccc3-c3cccc4c3oc3c5ccccc5ccc43)cccc21. The summed E-state index contributed by atoms with van der Waals surface area (Å²) in [7, 11) is 0. The maximum Gasteiger partial charge on any atom is 0.143 e. The van der Waals surface area contributed by atoms with E-state index in [-0.39, 0.29) is 5.41 Å². The van der Waals surface area contributed by atoms with Crippen LogP contribution in [0.25, 0.3) is 76.9 Å². The van der Waals surface area contributed by atoms with E-state index >= 15 is 0 Å². The maximum absolute atomic E-state index is 6.94. The molecule has 11 rings (SSSR count). The molecule has 55 heavy (non-hydrogen) atoms. The maximum atomic E-state index is 6.94. The van der Waals surface area contributed by atoms with E-state index in [0.29, 0.717) is 0 Å². The van der Waals surface area contributed by atoms with Gasteiger partial charge in [-0.25, -0.2) is 0 Å². The highest BCUT2D eigenvalue weighted by Crippen LogP contribution is 2.55. The topological polar surface area (TPSA) is 16.4 Å². The quantitative estimate of drug-likeness (QED) is 0.177. The third kappa shape index (κ3) is 4.74. The van der Waals surface area contributed by atoms with Crippen molar-refractivity contribution in [2.45, 2.75) is 19.3 Å². The first-order valence-corrected chi connectivity index (χ1v) is 19.1. The number of anilines is 3.